The molecule has 0 bridgehead atoms. The Morgan fingerprint density at radius 3 is 2.36 bits per heavy atom. The molecule has 0 radical (unpaired) electrons. The number of benzene rings is 3. The van der Waals surface area contributed by atoms with Crippen molar-refractivity contribution in [3.05, 3.63) is 65.2 Å². The van der Waals surface area contributed by atoms with Crippen molar-refractivity contribution in [1.82, 2.24) is 20.2 Å². The molecule has 4 rings (SSSR count). The van der Waals surface area contributed by atoms with Crippen molar-refractivity contribution in [3.63, 3.8) is 0 Å². The maximum absolute atomic E-state index is 13.3. The van der Waals surface area contributed by atoms with Crippen molar-refractivity contribution in [2.24, 2.45) is 11.5 Å². The lowest BCUT2D eigenvalue weighted by molar-refractivity contribution is -0.133. The number of nitrogens with two attached hydrogens (primary N) is 2. The van der Waals surface area contributed by atoms with E-state index in [0.29, 0.717) is 39.1 Å². The van der Waals surface area contributed by atoms with Crippen molar-refractivity contribution in [3.8, 4) is 34.0 Å². The Morgan fingerprint density at radius 2 is 1.72 bits per heavy atom. The second-order valence-corrected chi connectivity index (χ2v) is 10.0. The molecule has 9 N–H and O–H groups in total. The van der Waals surface area contributed by atoms with Gasteiger partial charge in [0.05, 0.1) is 16.4 Å². The first-order valence-electron chi connectivity index (χ1n) is 12.1. The molecule has 3 aromatic carbocycles. The lowest BCUT2D eigenvalue weighted by Gasteiger charge is -2.30. The van der Waals surface area contributed by atoms with Crippen LogP contribution in [0.2, 0.25) is 0 Å². The molecular weight excluding hydrogens is 498 g/mol. The number of carbonyl (C=O) groups excluding carboxylic acids is 2. The third-order valence-corrected chi connectivity index (χ3v) is 6.62. The van der Waals surface area contributed by atoms with Crippen LogP contribution in [0.5, 0.6) is 11.5 Å². The molecule has 0 saturated carbocycles. The first-order valence-corrected chi connectivity index (χ1v) is 12.1. The number of carbonyl (C=O) groups is 2. The quantitative estimate of drug-likeness (QED) is 0.142. The van der Waals surface area contributed by atoms with Gasteiger partial charge in [-0.3, -0.25) is 10.2 Å². The SMILES string of the molecule is CN(C)C(=O)C(C)(C)c1ccc(O)c(-c2cc(CNC(N)=O)ccc2O)c1-c1nc2ccc(C(=N)N)cc2[nH]1. The fraction of sp³-hybridized carbons (Fsp3) is 0.214. The molecule has 0 atom stereocenters. The first kappa shape index (κ1) is 27.0. The maximum Gasteiger partial charge on any atom is 0.312 e. The number of imidazole rings is 1. The number of H-pyrrole nitrogens is 1. The van der Waals surface area contributed by atoms with Gasteiger partial charge in [0.15, 0.2) is 0 Å². The Morgan fingerprint density at radius 1 is 1.03 bits per heavy atom. The molecule has 202 valence electrons. The average molecular weight is 530 g/mol. The number of fused-ring (bicyclic) bond motifs is 1. The summed E-state index contributed by atoms with van der Waals surface area (Å²) in [4.78, 5) is 34.1. The van der Waals surface area contributed by atoms with E-state index in [1.165, 1.54) is 17.0 Å². The van der Waals surface area contributed by atoms with E-state index in [2.05, 4.69) is 10.3 Å². The van der Waals surface area contributed by atoms with E-state index in [-0.39, 0.29) is 40.9 Å². The van der Waals surface area contributed by atoms with Crippen LogP contribution in [0.15, 0.2) is 48.5 Å². The van der Waals surface area contributed by atoms with Crippen LogP contribution in [0.25, 0.3) is 33.5 Å². The number of hydrogen-bond acceptors (Lipinski definition) is 6. The summed E-state index contributed by atoms with van der Waals surface area (Å²) in [7, 11) is 3.33. The third kappa shape index (κ3) is 5.06. The monoisotopic (exact) mass is 529 g/mol. The van der Waals surface area contributed by atoms with Gasteiger partial charge in [0.25, 0.3) is 0 Å². The number of nitrogen functional groups attached to an aromatic ring is 1. The Balaban J connectivity index is 2.06. The van der Waals surface area contributed by atoms with Gasteiger partial charge in [0.1, 0.15) is 23.2 Å². The second-order valence-electron chi connectivity index (χ2n) is 10.0. The van der Waals surface area contributed by atoms with Crippen molar-refractivity contribution >= 4 is 28.8 Å². The summed E-state index contributed by atoms with van der Waals surface area (Å²) in [6.07, 6.45) is 0. The number of amidine groups is 1. The average Bonchev–Trinajstić information content (AvgIpc) is 3.30. The Bertz CT molecular complexity index is 1620. The molecule has 11 nitrogen and oxygen atoms in total. The van der Waals surface area contributed by atoms with Gasteiger partial charge < -0.3 is 36.9 Å². The predicted octanol–water partition coefficient (Wildman–Crippen LogP) is 3.13. The van der Waals surface area contributed by atoms with E-state index >= 15 is 0 Å². The lowest BCUT2D eigenvalue weighted by Crippen LogP contribution is -2.39. The number of urea groups is 1. The largest absolute Gasteiger partial charge is 0.507 e. The zero-order chi connectivity index (χ0) is 28.6. The second kappa shape index (κ2) is 10.0. The number of amides is 3. The number of phenols is 2. The van der Waals surface area contributed by atoms with Crippen molar-refractivity contribution in [2.75, 3.05) is 14.1 Å². The van der Waals surface area contributed by atoms with E-state index in [9.17, 15) is 19.8 Å². The number of nitrogens with zero attached hydrogens (tertiary/aromatic N) is 2. The molecule has 0 aliphatic carbocycles. The summed E-state index contributed by atoms with van der Waals surface area (Å²) in [6.45, 7) is 3.65. The maximum atomic E-state index is 13.3. The summed E-state index contributed by atoms with van der Waals surface area (Å²) in [5.41, 5.74) is 13.6. The van der Waals surface area contributed by atoms with Crippen LogP contribution in [-0.4, -0.2) is 57.0 Å². The Kier molecular flexibility index (Phi) is 6.93. The van der Waals surface area contributed by atoms with Crippen LogP contribution in [0, 0.1) is 5.41 Å². The molecule has 0 unspecified atom stereocenters. The van der Waals surface area contributed by atoms with E-state index < -0.39 is 11.4 Å². The first-order chi connectivity index (χ1) is 18.3. The van der Waals surface area contributed by atoms with Crippen molar-refractivity contribution < 1.29 is 19.8 Å². The zero-order valence-corrected chi connectivity index (χ0v) is 22.1. The number of likely N-dealkylation sites (N-methyl/N-ethyl adjacent to an activating group) is 1. The minimum atomic E-state index is -1.06. The summed E-state index contributed by atoms with van der Waals surface area (Å²) in [5, 5.41) is 32.4. The summed E-state index contributed by atoms with van der Waals surface area (Å²) in [5.74, 6) is -0.221. The Labute approximate surface area is 225 Å². The van der Waals surface area contributed by atoms with E-state index in [1.807, 2.05) is 0 Å². The van der Waals surface area contributed by atoms with Gasteiger partial charge in [-0.25, -0.2) is 9.78 Å². The van der Waals surface area contributed by atoms with Crippen LogP contribution in [-0.2, 0) is 16.8 Å². The molecule has 1 aromatic heterocycles. The van der Waals surface area contributed by atoms with Gasteiger partial charge in [0.2, 0.25) is 5.91 Å². The lowest BCUT2D eigenvalue weighted by atomic mass is 9.77. The van der Waals surface area contributed by atoms with E-state index in [4.69, 9.17) is 21.9 Å². The number of hydrogen-bond donors (Lipinski definition) is 7. The molecule has 0 spiro atoms. The third-order valence-electron chi connectivity index (χ3n) is 6.62. The van der Waals surface area contributed by atoms with E-state index in [0.717, 1.165) is 0 Å². The fourth-order valence-corrected chi connectivity index (χ4v) is 4.68. The van der Waals surface area contributed by atoms with Crippen molar-refractivity contribution in [2.45, 2.75) is 25.8 Å². The van der Waals surface area contributed by atoms with Gasteiger partial charge in [-0.15, -0.1) is 0 Å². The number of aromatic amines is 1. The van der Waals surface area contributed by atoms with Crippen molar-refractivity contribution in [1.29, 1.82) is 5.41 Å². The molecule has 0 saturated heterocycles. The minimum Gasteiger partial charge on any atom is -0.507 e. The molecule has 4 aromatic rings. The fourth-order valence-electron chi connectivity index (χ4n) is 4.68. The van der Waals surface area contributed by atoms with Crippen LogP contribution >= 0.6 is 0 Å². The number of nitrogens with one attached hydrogen (secondary N) is 3. The molecule has 0 fully saturated rings. The normalized spacial score (nSPS) is 11.4. The highest BCUT2D eigenvalue weighted by molar-refractivity contribution is 6.00. The highest BCUT2D eigenvalue weighted by Crippen LogP contribution is 2.47. The van der Waals surface area contributed by atoms with Crippen LogP contribution in [0.4, 0.5) is 4.79 Å². The van der Waals surface area contributed by atoms with Gasteiger partial charge in [-0.2, -0.15) is 0 Å². The van der Waals surface area contributed by atoms with Gasteiger partial charge >= 0.3 is 6.03 Å². The molecule has 0 aliphatic rings. The number of rotatable bonds is 7. The minimum absolute atomic E-state index is 0.0987. The molecule has 39 heavy (non-hydrogen) atoms. The van der Waals surface area contributed by atoms with Gasteiger partial charge in [0, 0.05) is 42.9 Å². The smallest absolute Gasteiger partial charge is 0.312 e. The number of aromatic hydroxyl groups is 2. The summed E-state index contributed by atoms with van der Waals surface area (Å²) < 4.78 is 0. The predicted molar refractivity (Wildman–Crippen MR) is 149 cm³/mol. The molecule has 1 heterocycles. The topological polar surface area (TPSA) is 194 Å². The standard InChI is InChI=1S/C28H31N7O4/c1-28(2,26(38)35(3)4)17-7-10-21(37)22(16-11-14(5-9-20(16)36)13-32-27(31)39)23(17)25-33-18-8-6-15(24(29)30)12-19(18)34-25/h5-12,36-37H,13H2,1-4H3,(H3,29,30)(H,33,34)(H3,31,32,39). The highest BCUT2D eigenvalue weighted by atomic mass is 16.3. The molecular formula is C28H31N7O4. The van der Waals surface area contributed by atoms with Crippen LogP contribution < -0.4 is 16.8 Å². The highest BCUT2D eigenvalue weighted by Gasteiger charge is 2.36. The van der Waals surface area contributed by atoms with E-state index in [1.54, 1.807) is 64.3 Å². The zero-order valence-electron chi connectivity index (χ0n) is 22.1. The summed E-state index contributed by atoms with van der Waals surface area (Å²) in [6, 6.07) is 12.2. The van der Waals surface area contributed by atoms with Gasteiger partial charge in [-0.05, 0) is 61.4 Å². The van der Waals surface area contributed by atoms with Gasteiger partial charge in [-0.1, -0.05) is 12.1 Å². The molecule has 0 aliphatic heterocycles. The number of aromatic nitrogens is 2. The van der Waals surface area contributed by atoms with Crippen LogP contribution in [0.1, 0.15) is 30.5 Å². The number of phenolic OH excluding ortho intramolecular Hbond substituents is 2. The Hall–Kier alpha value is -5.06. The molecule has 3 amide bonds. The van der Waals surface area contributed by atoms with Crippen LogP contribution in [0.3, 0.4) is 0 Å². The number of primary amides is 1. The molecule has 11 heteroatoms. The summed E-state index contributed by atoms with van der Waals surface area (Å²) >= 11 is 0.